The smallest absolute Gasteiger partial charge is 0.335 e. The second-order valence-corrected chi connectivity index (χ2v) is 4.09. The lowest BCUT2D eigenvalue weighted by molar-refractivity contribution is -0.121. The third-order valence-electron chi connectivity index (χ3n) is 1.23. The molecule has 80 valence electrons. The van der Waals surface area contributed by atoms with Gasteiger partial charge in [0, 0.05) is 0 Å². The fraction of sp³-hybridized carbons (Fsp3) is 0.400. The predicted molar refractivity (Wildman–Crippen MR) is 39.8 cm³/mol. The van der Waals surface area contributed by atoms with E-state index in [0.717, 1.165) is 12.5 Å². The second kappa shape index (κ2) is 3.58. The summed E-state index contributed by atoms with van der Waals surface area (Å²) in [7, 11) is -4.14. The summed E-state index contributed by atoms with van der Waals surface area (Å²) in [6.07, 6.45) is -2.60. The molecule has 0 aliphatic heterocycles. The van der Waals surface area contributed by atoms with Crippen LogP contribution in [0.25, 0.3) is 0 Å². The number of rotatable bonds is 3. The van der Waals surface area contributed by atoms with Crippen molar-refractivity contribution in [2.45, 2.75) is 11.2 Å². The first kappa shape index (κ1) is 11.0. The quantitative estimate of drug-likeness (QED) is 0.780. The summed E-state index contributed by atoms with van der Waals surface area (Å²) >= 11 is 0. The van der Waals surface area contributed by atoms with Crippen LogP contribution >= 0.6 is 0 Å². The highest BCUT2D eigenvalue weighted by molar-refractivity contribution is 7.89. The van der Waals surface area contributed by atoms with E-state index in [4.69, 9.17) is 0 Å². The van der Waals surface area contributed by atoms with Crippen LogP contribution in [0, 0.1) is 0 Å². The minimum Gasteiger partial charge on any atom is -0.335 e. The van der Waals surface area contributed by atoms with E-state index in [1.165, 1.54) is 4.72 Å². The van der Waals surface area contributed by atoms with Crippen molar-refractivity contribution < 1.29 is 21.6 Å². The SMILES string of the molecule is O=S(=O)(NCC(F)(F)F)c1cnc[nH]1. The van der Waals surface area contributed by atoms with Gasteiger partial charge in [-0.1, -0.05) is 0 Å². The van der Waals surface area contributed by atoms with E-state index in [1.807, 2.05) is 0 Å². The molecule has 14 heavy (non-hydrogen) atoms. The van der Waals surface area contributed by atoms with E-state index in [9.17, 15) is 21.6 Å². The lowest BCUT2D eigenvalue weighted by Crippen LogP contribution is -2.33. The number of hydrogen-bond donors (Lipinski definition) is 2. The topological polar surface area (TPSA) is 74.8 Å². The molecule has 0 aliphatic carbocycles. The number of H-pyrrole nitrogens is 1. The zero-order chi connectivity index (χ0) is 10.8. The maximum absolute atomic E-state index is 11.7. The Morgan fingerprint density at radius 1 is 1.50 bits per heavy atom. The van der Waals surface area contributed by atoms with Gasteiger partial charge in [0.15, 0.2) is 5.03 Å². The van der Waals surface area contributed by atoms with Gasteiger partial charge in [-0.3, -0.25) is 0 Å². The average molecular weight is 229 g/mol. The van der Waals surface area contributed by atoms with Crippen molar-refractivity contribution in [2.24, 2.45) is 0 Å². The molecule has 0 aromatic carbocycles. The van der Waals surface area contributed by atoms with Gasteiger partial charge < -0.3 is 4.98 Å². The van der Waals surface area contributed by atoms with Crippen LogP contribution in [0.3, 0.4) is 0 Å². The van der Waals surface area contributed by atoms with Crippen molar-refractivity contribution in [3.05, 3.63) is 12.5 Å². The zero-order valence-corrected chi connectivity index (χ0v) is 7.48. The molecular weight excluding hydrogens is 223 g/mol. The van der Waals surface area contributed by atoms with Crippen LogP contribution in [0.1, 0.15) is 0 Å². The molecule has 9 heteroatoms. The summed E-state index contributed by atoms with van der Waals surface area (Å²) in [4.78, 5) is 5.56. The molecule has 0 radical (unpaired) electrons. The van der Waals surface area contributed by atoms with Gasteiger partial charge in [0.25, 0.3) is 10.0 Å². The standard InChI is InChI=1S/C5H6F3N3O2S/c6-5(7,8)2-11-14(12,13)4-1-9-3-10-4/h1,3,11H,2H2,(H,9,10). The van der Waals surface area contributed by atoms with Gasteiger partial charge in [-0.2, -0.15) is 13.2 Å². The Kier molecular flexibility index (Phi) is 2.81. The highest BCUT2D eigenvalue weighted by Crippen LogP contribution is 2.13. The van der Waals surface area contributed by atoms with Crippen molar-refractivity contribution >= 4 is 10.0 Å². The van der Waals surface area contributed by atoms with Gasteiger partial charge in [-0.15, -0.1) is 0 Å². The van der Waals surface area contributed by atoms with Crippen molar-refractivity contribution in [1.29, 1.82) is 0 Å². The first-order chi connectivity index (χ1) is 6.31. The monoisotopic (exact) mass is 229 g/mol. The number of aromatic nitrogens is 2. The number of halogens is 3. The summed E-state index contributed by atoms with van der Waals surface area (Å²) in [5.74, 6) is 0. The first-order valence-corrected chi connectivity index (χ1v) is 4.84. The first-order valence-electron chi connectivity index (χ1n) is 3.36. The average Bonchev–Trinajstić information content (AvgIpc) is 2.52. The lowest BCUT2D eigenvalue weighted by atomic mass is 10.7. The van der Waals surface area contributed by atoms with Gasteiger partial charge >= 0.3 is 6.18 Å². The maximum atomic E-state index is 11.7. The minimum atomic E-state index is -4.58. The number of hydrogen-bond acceptors (Lipinski definition) is 3. The molecule has 0 fully saturated rings. The van der Waals surface area contributed by atoms with E-state index >= 15 is 0 Å². The summed E-state index contributed by atoms with van der Waals surface area (Å²) in [5, 5.41) is -0.401. The Labute approximate surface area is 77.4 Å². The van der Waals surface area contributed by atoms with Crippen LogP contribution in [-0.4, -0.2) is 31.1 Å². The van der Waals surface area contributed by atoms with Crippen molar-refractivity contribution in [3.63, 3.8) is 0 Å². The predicted octanol–water partition coefficient (Wildman–Crippen LogP) is 0.250. The van der Waals surface area contributed by atoms with Crippen LogP contribution in [0.2, 0.25) is 0 Å². The number of sulfonamides is 1. The Morgan fingerprint density at radius 3 is 2.57 bits per heavy atom. The molecule has 0 atom stereocenters. The normalized spacial score (nSPS) is 13.1. The molecule has 0 saturated heterocycles. The van der Waals surface area contributed by atoms with E-state index in [2.05, 4.69) is 9.97 Å². The molecule has 0 unspecified atom stereocenters. The molecule has 0 saturated carbocycles. The number of aromatic amines is 1. The van der Waals surface area contributed by atoms with Crippen LogP contribution in [0.15, 0.2) is 17.6 Å². The summed E-state index contributed by atoms with van der Waals surface area (Å²) < 4.78 is 58.5. The number of nitrogens with zero attached hydrogens (tertiary/aromatic N) is 1. The highest BCUT2D eigenvalue weighted by atomic mass is 32.2. The Bertz CT molecular complexity index is 383. The largest absolute Gasteiger partial charge is 0.402 e. The molecule has 0 amide bonds. The van der Waals surface area contributed by atoms with Gasteiger partial charge in [0.2, 0.25) is 0 Å². The number of alkyl halides is 3. The Hall–Kier alpha value is -1.09. The van der Waals surface area contributed by atoms with Gasteiger partial charge in [0.05, 0.1) is 12.5 Å². The fourth-order valence-electron chi connectivity index (χ4n) is 0.645. The molecule has 1 aromatic heterocycles. The molecule has 5 nitrogen and oxygen atoms in total. The minimum absolute atomic E-state index is 0.401. The van der Waals surface area contributed by atoms with Gasteiger partial charge in [-0.05, 0) is 0 Å². The molecule has 0 spiro atoms. The zero-order valence-electron chi connectivity index (χ0n) is 6.67. The van der Waals surface area contributed by atoms with Crippen LogP contribution < -0.4 is 4.72 Å². The molecule has 0 aliphatic rings. The van der Waals surface area contributed by atoms with Crippen LogP contribution in [0.5, 0.6) is 0 Å². The molecule has 1 rings (SSSR count). The lowest BCUT2D eigenvalue weighted by Gasteiger charge is -2.07. The van der Waals surface area contributed by atoms with Gasteiger partial charge in [-0.25, -0.2) is 18.1 Å². The van der Waals surface area contributed by atoms with Crippen molar-refractivity contribution in [3.8, 4) is 0 Å². The van der Waals surface area contributed by atoms with E-state index in [0.29, 0.717) is 0 Å². The summed E-state index contributed by atoms with van der Waals surface area (Å²) in [6.45, 7) is -1.60. The van der Waals surface area contributed by atoms with E-state index in [-0.39, 0.29) is 0 Å². The molecule has 1 heterocycles. The number of imidazole rings is 1. The Balaban J connectivity index is 2.70. The van der Waals surface area contributed by atoms with Crippen molar-refractivity contribution in [1.82, 2.24) is 14.7 Å². The third kappa shape index (κ3) is 3.00. The summed E-state index contributed by atoms with van der Waals surface area (Å²) in [6, 6.07) is 0. The molecule has 2 N–H and O–H groups in total. The molecule has 0 bridgehead atoms. The summed E-state index contributed by atoms with van der Waals surface area (Å²) in [5.41, 5.74) is 0. The van der Waals surface area contributed by atoms with E-state index < -0.39 is 27.8 Å². The van der Waals surface area contributed by atoms with Gasteiger partial charge in [0.1, 0.15) is 6.54 Å². The fourth-order valence-corrected chi connectivity index (χ4v) is 1.56. The van der Waals surface area contributed by atoms with Crippen LogP contribution in [-0.2, 0) is 10.0 Å². The van der Waals surface area contributed by atoms with Crippen LogP contribution in [0.4, 0.5) is 13.2 Å². The molecular formula is C5H6F3N3O2S. The Morgan fingerprint density at radius 2 is 2.14 bits per heavy atom. The highest BCUT2D eigenvalue weighted by Gasteiger charge is 2.30. The van der Waals surface area contributed by atoms with E-state index in [1.54, 1.807) is 0 Å². The second-order valence-electron chi connectivity index (χ2n) is 2.36. The van der Waals surface area contributed by atoms with Crippen molar-refractivity contribution in [2.75, 3.05) is 6.54 Å². The number of nitrogens with one attached hydrogen (secondary N) is 2. The molecule has 1 aromatic rings. The maximum Gasteiger partial charge on any atom is 0.402 e. The third-order valence-corrected chi connectivity index (χ3v) is 2.55.